The monoisotopic (exact) mass is 256 g/mol. The van der Waals surface area contributed by atoms with E-state index in [0.29, 0.717) is 6.42 Å². The molecular weight excluding hydrogens is 247 g/mol. The summed E-state index contributed by atoms with van der Waals surface area (Å²) in [7, 11) is -3.77. The Morgan fingerprint density at radius 2 is 1.94 bits per heavy atom. The maximum atomic E-state index is 12.7. The molecule has 6 heteroatoms. The van der Waals surface area contributed by atoms with Crippen LogP contribution in [-0.2, 0) is 19.4 Å². The van der Waals surface area contributed by atoms with E-state index in [1.165, 1.54) is 12.1 Å². The molecule has 2 aliphatic rings. The summed E-state index contributed by atoms with van der Waals surface area (Å²) in [5, 5.41) is 0. The van der Waals surface area contributed by atoms with E-state index in [2.05, 4.69) is 0 Å². The molecular formula is C11H9FO4S. The molecule has 2 fully saturated rings. The van der Waals surface area contributed by atoms with Crippen molar-refractivity contribution in [2.45, 2.75) is 16.1 Å². The number of rotatable bonds is 2. The maximum absolute atomic E-state index is 12.7. The molecule has 0 unspecified atom stereocenters. The number of sulfone groups is 1. The lowest BCUT2D eigenvalue weighted by atomic mass is 10.3. The van der Waals surface area contributed by atoms with Crippen LogP contribution in [0.5, 0.6) is 0 Å². The van der Waals surface area contributed by atoms with Crippen LogP contribution in [0.15, 0.2) is 29.2 Å². The van der Waals surface area contributed by atoms with Crippen molar-refractivity contribution in [3.8, 4) is 0 Å². The zero-order chi connectivity index (χ0) is 12.3. The summed E-state index contributed by atoms with van der Waals surface area (Å²) in [6, 6.07) is 4.50. The third kappa shape index (κ3) is 1.21. The van der Waals surface area contributed by atoms with Crippen molar-refractivity contribution in [1.29, 1.82) is 0 Å². The number of ether oxygens (including phenoxy) is 1. The Kier molecular flexibility index (Phi) is 1.93. The number of fused-ring (bicyclic) bond motifs is 1. The van der Waals surface area contributed by atoms with Crippen molar-refractivity contribution < 1.29 is 22.3 Å². The van der Waals surface area contributed by atoms with Crippen LogP contribution < -0.4 is 0 Å². The second kappa shape index (κ2) is 3.07. The first kappa shape index (κ1) is 10.7. The quantitative estimate of drug-likeness (QED) is 0.583. The third-order valence-electron chi connectivity index (χ3n) is 3.41. The fourth-order valence-electron chi connectivity index (χ4n) is 2.31. The van der Waals surface area contributed by atoms with Gasteiger partial charge in [0.2, 0.25) is 0 Å². The van der Waals surface area contributed by atoms with Crippen molar-refractivity contribution in [1.82, 2.24) is 0 Å². The summed E-state index contributed by atoms with van der Waals surface area (Å²) in [6.07, 6.45) is 0.311. The summed E-state index contributed by atoms with van der Waals surface area (Å²) in [6.45, 7) is 0.166. The Labute approximate surface area is 97.3 Å². The largest absolute Gasteiger partial charge is 0.464 e. The van der Waals surface area contributed by atoms with E-state index in [1.54, 1.807) is 0 Å². The zero-order valence-corrected chi connectivity index (χ0v) is 9.54. The van der Waals surface area contributed by atoms with Gasteiger partial charge in [0.05, 0.1) is 11.5 Å². The van der Waals surface area contributed by atoms with E-state index in [0.717, 1.165) is 12.1 Å². The normalized spacial score (nSPS) is 30.9. The molecule has 0 spiro atoms. The maximum Gasteiger partial charge on any atom is 0.328 e. The van der Waals surface area contributed by atoms with Crippen molar-refractivity contribution in [2.75, 3.05) is 6.61 Å². The zero-order valence-electron chi connectivity index (χ0n) is 8.72. The highest BCUT2D eigenvalue weighted by Crippen LogP contribution is 2.57. The van der Waals surface area contributed by atoms with Crippen LogP contribution in [0.3, 0.4) is 0 Å². The first-order chi connectivity index (χ1) is 7.98. The number of hydrogen-bond acceptors (Lipinski definition) is 4. The summed E-state index contributed by atoms with van der Waals surface area (Å²) >= 11 is 0. The lowest BCUT2D eigenvalue weighted by molar-refractivity contribution is -0.140. The third-order valence-corrected chi connectivity index (χ3v) is 5.93. The molecule has 1 aromatic rings. The molecule has 0 bridgehead atoms. The number of carbonyl (C=O) groups excluding carboxylic acids is 1. The van der Waals surface area contributed by atoms with E-state index in [1.807, 2.05) is 0 Å². The van der Waals surface area contributed by atoms with Gasteiger partial charge in [0.1, 0.15) is 5.82 Å². The number of esters is 1. The van der Waals surface area contributed by atoms with Gasteiger partial charge < -0.3 is 4.74 Å². The van der Waals surface area contributed by atoms with Crippen molar-refractivity contribution in [2.24, 2.45) is 5.92 Å². The summed E-state index contributed by atoms with van der Waals surface area (Å²) in [4.78, 5) is 11.5. The van der Waals surface area contributed by atoms with E-state index >= 15 is 0 Å². The van der Waals surface area contributed by atoms with Gasteiger partial charge in [-0.2, -0.15) is 0 Å². The number of carbonyl (C=O) groups is 1. The molecule has 0 amide bonds. The smallest absolute Gasteiger partial charge is 0.328 e. The van der Waals surface area contributed by atoms with Crippen molar-refractivity contribution in [3.05, 3.63) is 30.1 Å². The highest BCUT2D eigenvalue weighted by molar-refractivity contribution is 7.94. The van der Waals surface area contributed by atoms with Crippen LogP contribution in [0.1, 0.15) is 6.42 Å². The molecule has 0 N–H and O–H groups in total. The summed E-state index contributed by atoms with van der Waals surface area (Å²) in [5.41, 5.74) is 0. The number of benzene rings is 1. The minimum Gasteiger partial charge on any atom is -0.464 e. The lowest BCUT2D eigenvalue weighted by Crippen LogP contribution is -2.31. The van der Waals surface area contributed by atoms with Crippen molar-refractivity contribution in [3.63, 3.8) is 0 Å². The molecule has 1 heterocycles. The fourth-order valence-corrected chi connectivity index (χ4v) is 4.43. The standard InChI is InChI=1S/C11H9FO4S/c12-8-1-3-9(4-2-8)17(14,15)11-5-7(11)6-16-10(11)13/h1-4,7H,5-6H2/t7-,11+/m0/s1. The van der Waals surface area contributed by atoms with Crippen LogP contribution in [0.4, 0.5) is 4.39 Å². The topological polar surface area (TPSA) is 60.4 Å². The second-order valence-corrected chi connectivity index (χ2v) is 6.55. The van der Waals surface area contributed by atoms with Gasteiger partial charge in [0, 0.05) is 5.92 Å². The van der Waals surface area contributed by atoms with Gasteiger partial charge in [-0.25, -0.2) is 12.8 Å². The van der Waals surface area contributed by atoms with E-state index in [4.69, 9.17) is 4.74 Å². The molecule has 1 aliphatic heterocycles. The number of cyclic esters (lactones) is 1. The number of hydrogen-bond donors (Lipinski definition) is 0. The molecule has 17 heavy (non-hydrogen) atoms. The Bertz CT molecular complexity index is 592. The molecule has 3 rings (SSSR count). The highest BCUT2D eigenvalue weighted by atomic mass is 32.2. The minimum absolute atomic E-state index is 0.0275. The van der Waals surface area contributed by atoms with Crippen LogP contribution >= 0.6 is 0 Å². The van der Waals surface area contributed by atoms with Gasteiger partial charge in [-0.1, -0.05) is 0 Å². The second-order valence-electron chi connectivity index (χ2n) is 4.35. The SMILES string of the molecule is O=C1OC[C@@H]2C[C@]12S(=O)(=O)c1ccc(F)cc1. The molecule has 1 saturated carbocycles. The van der Waals surface area contributed by atoms with E-state index in [9.17, 15) is 17.6 Å². The van der Waals surface area contributed by atoms with Crippen molar-refractivity contribution >= 4 is 15.8 Å². The van der Waals surface area contributed by atoms with Gasteiger partial charge in [-0.05, 0) is 30.7 Å². The van der Waals surface area contributed by atoms with Crippen LogP contribution in [-0.4, -0.2) is 25.7 Å². The molecule has 2 atom stereocenters. The fraction of sp³-hybridized carbons (Fsp3) is 0.364. The average Bonchev–Trinajstić information content (AvgIpc) is 2.95. The van der Waals surface area contributed by atoms with Gasteiger partial charge in [-0.15, -0.1) is 0 Å². The lowest BCUT2D eigenvalue weighted by Gasteiger charge is -2.10. The van der Waals surface area contributed by atoms with E-state index in [-0.39, 0.29) is 17.4 Å². The Hall–Kier alpha value is -1.43. The molecule has 1 saturated heterocycles. The molecule has 90 valence electrons. The number of halogens is 1. The molecule has 0 aromatic heterocycles. The van der Waals surface area contributed by atoms with Gasteiger partial charge in [0.25, 0.3) is 0 Å². The van der Waals surface area contributed by atoms with Crippen LogP contribution in [0.2, 0.25) is 0 Å². The Morgan fingerprint density at radius 1 is 1.29 bits per heavy atom. The molecule has 0 radical (unpaired) electrons. The van der Waals surface area contributed by atoms with Gasteiger partial charge in [0.15, 0.2) is 14.6 Å². The predicted molar refractivity (Wildman–Crippen MR) is 55.4 cm³/mol. The highest BCUT2D eigenvalue weighted by Gasteiger charge is 2.74. The predicted octanol–water partition coefficient (Wildman–Crippen LogP) is 0.915. The summed E-state index contributed by atoms with van der Waals surface area (Å²) in [5.74, 6) is -1.43. The van der Waals surface area contributed by atoms with Gasteiger partial charge in [-0.3, -0.25) is 4.79 Å². The molecule has 1 aliphatic carbocycles. The first-order valence-electron chi connectivity index (χ1n) is 5.16. The molecule has 1 aromatic carbocycles. The van der Waals surface area contributed by atoms with Crippen LogP contribution in [0.25, 0.3) is 0 Å². The Balaban J connectivity index is 2.09. The van der Waals surface area contributed by atoms with Gasteiger partial charge >= 0.3 is 5.97 Å². The van der Waals surface area contributed by atoms with Crippen LogP contribution in [0, 0.1) is 11.7 Å². The van der Waals surface area contributed by atoms with E-state index < -0.39 is 26.4 Å². The average molecular weight is 256 g/mol. The molecule has 4 nitrogen and oxygen atoms in total. The first-order valence-corrected chi connectivity index (χ1v) is 6.64. The minimum atomic E-state index is -3.77. The Morgan fingerprint density at radius 3 is 2.41 bits per heavy atom. The summed E-state index contributed by atoms with van der Waals surface area (Å²) < 4.78 is 40.7.